The van der Waals surface area contributed by atoms with Gasteiger partial charge in [-0.2, -0.15) is 0 Å². The molecule has 1 aliphatic heterocycles. The van der Waals surface area contributed by atoms with Gasteiger partial charge >= 0.3 is 0 Å². The lowest BCUT2D eigenvalue weighted by atomic mass is 9.81. The number of halogens is 2. The molecule has 0 radical (unpaired) electrons. The number of allylic oxidation sites excluding steroid dienone is 1. The fraction of sp³-hybridized carbons (Fsp3) is 0.438. The summed E-state index contributed by atoms with van der Waals surface area (Å²) < 4.78 is 17.2. The maximum absolute atomic E-state index is 13.9. The molecule has 0 amide bonds. The molecule has 1 saturated heterocycles. The first-order valence-electron chi connectivity index (χ1n) is 29.6. The number of anilines is 3. The van der Waals surface area contributed by atoms with E-state index < -0.39 is 11.6 Å². The van der Waals surface area contributed by atoms with Crippen molar-refractivity contribution in [3.63, 3.8) is 0 Å². The zero-order valence-electron chi connectivity index (χ0n) is 50.1. The zero-order valence-corrected chi connectivity index (χ0v) is 51.6. The summed E-state index contributed by atoms with van der Waals surface area (Å²) in [4.78, 5) is 49.1. The summed E-state index contributed by atoms with van der Waals surface area (Å²) >= 11 is 12.6. The number of aromatic hydroxyl groups is 2. The van der Waals surface area contributed by atoms with Gasteiger partial charge in [0.15, 0.2) is 0 Å². The molecular formula is C64H85Cl2N13O7. The third-order valence-corrected chi connectivity index (χ3v) is 15.8. The standard InChI is InChI=1S/C64H85Cl2N13O7/c1-74(2)29-25-69-52-20-21-53(58-57(52)62(82)59-54(80)22-23-55(81)60(59)63(58)83)70-26-30-76(4)35-37-84-39-41-86-42-40-85-38-36-79(68)43-49(67)9-7-27-75(3)28-8-24-71-64-50-10-5-6-11-51(50)72-56(73-64)44-77-31-33-78(34-32-77)61(45-12-16-47(65)17-13-45)46-14-18-48(66)19-15-46/h5-6,10-23,43,61,69-70,80-81H,7-9,24-42,44,67-68H2,1-4H3,(H,71,72,73)/b49-43-. The first-order chi connectivity index (χ1) is 41.6. The molecule has 2 aliphatic rings. The summed E-state index contributed by atoms with van der Waals surface area (Å²) in [5.74, 6) is 6.13. The van der Waals surface area contributed by atoms with Crippen molar-refractivity contribution in [2.45, 2.75) is 31.8 Å². The molecule has 86 heavy (non-hydrogen) atoms. The van der Waals surface area contributed by atoms with Crippen molar-refractivity contribution in [1.82, 2.24) is 39.5 Å². The van der Waals surface area contributed by atoms with Crippen LogP contribution < -0.4 is 27.5 Å². The lowest BCUT2D eigenvalue weighted by molar-refractivity contribution is 0.00960. The molecular weight excluding hydrogens is 1130 g/mol. The van der Waals surface area contributed by atoms with Crippen LogP contribution in [0.4, 0.5) is 17.2 Å². The monoisotopic (exact) mass is 1220 g/mol. The number of benzene rings is 5. The first-order valence-corrected chi connectivity index (χ1v) is 30.4. The van der Waals surface area contributed by atoms with Gasteiger partial charge in [-0.15, -0.1) is 0 Å². The number of phenols is 2. The van der Waals surface area contributed by atoms with E-state index in [1.165, 1.54) is 23.3 Å². The molecule has 0 bridgehead atoms. The maximum Gasteiger partial charge on any atom is 0.200 e. The van der Waals surface area contributed by atoms with Crippen LogP contribution in [0.3, 0.4) is 0 Å². The number of likely N-dealkylation sites (N-methyl/N-ethyl adjacent to an activating group) is 2. The Bertz CT molecular complexity index is 3140. The van der Waals surface area contributed by atoms with Crippen molar-refractivity contribution in [3.05, 3.63) is 158 Å². The molecule has 1 aromatic heterocycles. The van der Waals surface area contributed by atoms with Crippen molar-refractivity contribution in [2.75, 3.05) is 169 Å². The number of ether oxygens (including phenoxy) is 3. The summed E-state index contributed by atoms with van der Waals surface area (Å²) in [7, 11) is 7.99. The number of nitrogens with two attached hydrogens (primary N) is 2. The summed E-state index contributed by atoms with van der Waals surface area (Å²) in [6.07, 6.45) is 4.36. The number of hydrogen-bond donors (Lipinski definition) is 7. The van der Waals surface area contributed by atoms with Crippen LogP contribution in [0.2, 0.25) is 10.0 Å². The highest BCUT2D eigenvalue weighted by Gasteiger charge is 2.38. The number of nitrogens with zero attached hydrogens (tertiary/aromatic N) is 8. The normalized spacial score (nSPS) is 14.0. The lowest BCUT2D eigenvalue weighted by Gasteiger charge is -2.39. The van der Waals surface area contributed by atoms with Gasteiger partial charge in [0.1, 0.15) is 23.1 Å². The quantitative estimate of drug-likeness (QED) is 0.00877. The predicted octanol–water partition coefficient (Wildman–Crippen LogP) is 7.59. The second kappa shape index (κ2) is 32.9. The molecule has 9 N–H and O–H groups in total. The molecule has 0 spiro atoms. The zero-order chi connectivity index (χ0) is 61.0. The lowest BCUT2D eigenvalue weighted by Crippen LogP contribution is -2.47. The van der Waals surface area contributed by atoms with E-state index >= 15 is 0 Å². The second-order valence-corrected chi connectivity index (χ2v) is 23.0. The Morgan fingerprint density at radius 2 is 1.15 bits per heavy atom. The minimum Gasteiger partial charge on any atom is -0.507 e. The molecule has 0 saturated carbocycles. The minimum atomic E-state index is -0.531. The highest BCUT2D eigenvalue weighted by atomic mass is 35.5. The van der Waals surface area contributed by atoms with E-state index in [4.69, 9.17) is 59.0 Å². The Morgan fingerprint density at radius 3 is 1.74 bits per heavy atom. The molecule has 8 rings (SSSR count). The summed E-state index contributed by atoms with van der Waals surface area (Å²) in [6, 6.07) is 30.6. The van der Waals surface area contributed by atoms with E-state index in [1.54, 1.807) is 23.3 Å². The van der Waals surface area contributed by atoms with Gasteiger partial charge < -0.3 is 65.8 Å². The van der Waals surface area contributed by atoms with Crippen molar-refractivity contribution < 1.29 is 34.0 Å². The van der Waals surface area contributed by atoms with Crippen LogP contribution in [0.15, 0.2) is 109 Å². The number of piperazine rings is 1. The van der Waals surface area contributed by atoms with Gasteiger partial charge in [-0.25, -0.2) is 15.8 Å². The SMILES string of the molecule is CN(C)CCNc1ccc(NCCN(C)CCOCCOCCOCCN(N)/C=C(\N)CCCN(C)CCCNc2nc(CN3CCN(C(c4ccc(Cl)cc4)c4ccc(Cl)cc4)CC3)nc3ccccc23)c2c1C(=O)c1c(O)ccc(O)c1C2=O. The van der Waals surface area contributed by atoms with Crippen LogP contribution >= 0.6 is 23.2 Å². The molecule has 1 fully saturated rings. The topological polar surface area (TPSA) is 236 Å². The van der Waals surface area contributed by atoms with Gasteiger partial charge in [-0.3, -0.25) is 19.4 Å². The maximum atomic E-state index is 13.9. The third-order valence-electron chi connectivity index (χ3n) is 15.3. The third kappa shape index (κ3) is 18.7. The average molecular weight is 1220 g/mol. The van der Waals surface area contributed by atoms with Crippen LogP contribution in [-0.2, 0) is 20.8 Å². The number of ketones is 2. The highest BCUT2D eigenvalue weighted by Crippen LogP contribution is 2.42. The van der Waals surface area contributed by atoms with E-state index in [0.29, 0.717) is 96.8 Å². The summed E-state index contributed by atoms with van der Waals surface area (Å²) in [5.41, 5.74) is 11.3. The summed E-state index contributed by atoms with van der Waals surface area (Å²) in [6.45, 7) is 13.0. The molecule has 2 heterocycles. The largest absolute Gasteiger partial charge is 0.507 e. The minimum absolute atomic E-state index is 0.0995. The van der Waals surface area contributed by atoms with Gasteiger partial charge in [0.05, 0.1) is 86.5 Å². The first kappa shape index (κ1) is 65.3. The Labute approximate surface area is 515 Å². The molecule has 0 atom stereocenters. The van der Waals surface area contributed by atoms with E-state index in [1.807, 2.05) is 62.4 Å². The van der Waals surface area contributed by atoms with E-state index in [2.05, 4.69) is 79.0 Å². The molecule has 20 nitrogen and oxygen atoms in total. The number of aromatic nitrogens is 2. The van der Waals surface area contributed by atoms with Gasteiger partial charge in [0, 0.05) is 104 Å². The van der Waals surface area contributed by atoms with Crippen LogP contribution in [0.1, 0.15) is 74.1 Å². The Kier molecular flexibility index (Phi) is 25.0. The number of carbonyl (C=O) groups is 2. The van der Waals surface area contributed by atoms with Gasteiger partial charge in [-0.05, 0) is 132 Å². The Morgan fingerprint density at radius 1 is 0.616 bits per heavy atom. The van der Waals surface area contributed by atoms with Gasteiger partial charge in [0.2, 0.25) is 11.6 Å². The van der Waals surface area contributed by atoms with Crippen molar-refractivity contribution in [2.24, 2.45) is 11.6 Å². The van der Waals surface area contributed by atoms with Crippen LogP contribution in [0.25, 0.3) is 10.9 Å². The second-order valence-electron chi connectivity index (χ2n) is 22.2. The van der Waals surface area contributed by atoms with E-state index in [9.17, 15) is 19.8 Å². The fourth-order valence-electron chi connectivity index (χ4n) is 10.7. The van der Waals surface area contributed by atoms with E-state index in [0.717, 1.165) is 103 Å². The van der Waals surface area contributed by atoms with Crippen molar-refractivity contribution in [3.8, 4) is 11.5 Å². The number of hydrogen-bond acceptors (Lipinski definition) is 20. The molecule has 5 aromatic carbocycles. The smallest absolute Gasteiger partial charge is 0.200 e. The summed E-state index contributed by atoms with van der Waals surface area (Å²) in [5, 5.41) is 35.4. The van der Waals surface area contributed by atoms with E-state index in [-0.39, 0.29) is 39.8 Å². The van der Waals surface area contributed by atoms with Crippen LogP contribution in [-0.4, -0.2) is 214 Å². The number of hydrazine groups is 1. The number of rotatable bonds is 35. The molecule has 6 aromatic rings. The molecule has 462 valence electrons. The highest BCUT2D eigenvalue weighted by molar-refractivity contribution is 6.33. The Balaban J connectivity index is 0.649. The van der Waals surface area contributed by atoms with Gasteiger partial charge in [0.25, 0.3) is 0 Å². The molecule has 1 aliphatic carbocycles. The number of phenolic OH excluding ortho intramolecular Hbond substituents is 2. The average Bonchev–Trinajstić information content (AvgIpc) is 0.857. The molecule has 0 unspecified atom stereocenters. The van der Waals surface area contributed by atoms with Crippen LogP contribution in [0, 0.1) is 0 Å². The van der Waals surface area contributed by atoms with Gasteiger partial charge in [-0.1, -0.05) is 59.6 Å². The van der Waals surface area contributed by atoms with Crippen molar-refractivity contribution >= 4 is 62.9 Å². The number of para-hydroxylation sites is 1. The Hall–Kier alpha value is -6.66. The fourth-order valence-corrected chi connectivity index (χ4v) is 10.9. The predicted molar refractivity (Wildman–Crippen MR) is 343 cm³/mol. The molecule has 22 heteroatoms. The van der Waals surface area contributed by atoms with Crippen molar-refractivity contribution in [1.29, 1.82) is 0 Å². The number of fused-ring (bicyclic) bond motifs is 3. The number of carbonyl (C=O) groups excluding carboxylic acids is 2. The number of nitrogens with one attached hydrogen (secondary N) is 3. The van der Waals surface area contributed by atoms with Crippen LogP contribution in [0.5, 0.6) is 11.5 Å².